The molecule has 0 aliphatic rings. The minimum absolute atomic E-state index is 0.285. The van der Waals surface area contributed by atoms with Crippen molar-refractivity contribution >= 4 is 5.69 Å². The molecule has 0 bridgehead atoms. The number of nitrogens with zero attached hydrogens (tertiary/aromatic N) is 1. The van der Waals surface area contributed by atoms with Crippen LogP contribution in [0.25, 0.3) is 22.3 Å². The van der Waals surface area contributed by atoms with E-state index in [-0.39, 0.29) is 5.75 Å². The van der Waals surface area contributed by atoms with Crippen molar-refractivity contribution in [1.82, 2.24) is 0 Å². The molecule has 1 N–H and O–H groups in total. The molecule has 3 heteroatoms. The fraction of sp³-hybridized carbons (Fsp3) is 0.333. The largest absolute Gasteiger partial charge is 0.507 e. The molecule has 4 aromatic carbocycles. The SMILES string of the molecule is CCc1ccc(OCCCN(C)c2c(C(C)C)cccc2C(C)C)c(-c2cccc(-c3ccccc3)c2O)c1. The van der Waals surface area contributed by atoms with Crippen LogP contribution in [-0.2, 0) is 6.42 Å². The highest BCUT2D eigenvalue weighted by Crippen LogP contribution is 2.42. The van der Waals surface area contributed by atoms with Crippen LogP contribution in [0.4, 0.5) is 5.69 Å². The number of hydrogen-bond acceptors (Lipinski definition) is 3. The molecule has 3 nitrogen and oxygen atoms in total. The maximum Gasteiger partial charge on any atom is 0.131 e. The van der Waals surface area contributed by atoms with Crippen molar-refractivity contribution in [2.75, 3.05) is 25.1 Å². The Morgan fingerprint density at radius 2 is 1.38 bits per heavy atom. The van der Waals surface area contributed by atoms with Crippen LogP contribution in [0.1, 0.15) is 69.6 Å². The molecule has 0 saturated carbocycles. The summed E-state index contributed by atoms with van der Waals surface area (Å²) in [5, 5.41) is 11.3. The lowest BCUT2D eigenvalue weighted by Gasteiger charge is -2.28. The number of anilines is 1. The molecule has 0 radical (unpaired) electrons. The molecule has 0 atom stereocenters. The Morgan fingerprint density at radius 1 is 0.744 bits per heavy atom. The average molecular weight is 522 g/mol. The number of aromatic hydroxyl groups is 1. The summed E-state index contributed by atoms with van der Waals surface area (Å²) < 4.78 is 6.40. The smallest absolute Gasteiger partial charge is 0.131 e. The number of aryl methyl sites for hydroxylation is 1. The molecule has 0 aromatic heterocycles. The van der Waals surface area contributed by atoms with Crippen molar-refractivity contribution in [2.45, 2.75) is 59.3 Å². The van der Waals surface area contributed by atoms with Crippen LogP contribution >= 0.6 is 0 Å². The molecule has 0 aliphatic heterocycles. The predicted molar refractivity (Wildman–Crippen MR) is 166 cm³/mol. The summed E-state index contributed by atoms with van der Waals surface area (Å²) in [4.78, 5) is 2.39. The Hall–Kier alpha value is -3.72. The second-order valence-electron chi connectivity index (χ2n) is 11.0. The first kappa shape index (κ1) is 28.3. The third kappa shape index (κ3) is 6.47. The first-order valence-electron chi connectivity index (χ1n) is 14.3. The number of ether oxygens (including phenoxy) is 1. The lowest BCUT2D eigenvalue weighted by Crippen LogP contribution is -2.23. The molecule has 0 unspecified atom stereocenters. The van der Waals surface area contributed by atoms with Crippen LogP contribution in [0, 0.1) is 0 Å². The van der Waals surface area contributed by atoms with Crippen LogP contribution in [-0.4, -0.2) is 25.3 Å². The number of rotatable bonds is 11. The molecular formula is C36H43NO2. The van der Waals surface area contributed by atoms with Gasteiger partial charge < -0.3 is 14.7 Å². The average Bonchev–Trinajstić information content (AvgIpc) is 2.95. The summed E-state index contributed by atoms with van der Waals surface area (Å²) in [6.07, 6.45) is 1.82. The van der Waals surface area contributed by atoms with Crippen molar-refractivity contribution in [1.29, 1.82) is 0 Å². The minimum Gasteiger partial charge on any atom is -0.507 e. The zero-order valence-corrected chi connectivity index (χ0v) is 24.4. The van der Waals surface area contributed by atoms with Crippen LogP contribution < -0.4 is 9.64 Å². The predicted octanol–water partition coefficient (Wildman–Crippen LogP) is 9.44. The van der Waals surface area contributed by atoms with E-state index < -0.39 is 0 Å². The number of hydrogen-bond donors (Lipinski definition) is 1. The van der Waals surface area contributed by atoms with Gasteiger partial charge in [-0.25, -0.2) is 0 Å². The van der Waals surface area contributed by atoms with E-state index in [1.165, 1.54) is 22.4 Å². The van der Waals surface area contributed by atoms with Gasteiger partial charge in [0.15, 0.2) is 0 Å². The Labute approximate surface area is 235 Å². The first-order chi connectivity index (χ1) is 18.8. The van der Waals surface area contributed by atoms with E-state index in [0.717, 1.165) is 47.4 Å². The van der Waals surface area contributed by atoms with Crippen LogP contribution in [0.3, 0.4) is 0 Å². The van der Waals surface area contributed by atoms with Gasteiger partial charge in [-0.2, -0.15) is 0 Å². The third-order valence-corrected chi connectivity index (χ3v) is 7.48. The van der Waals surface area contributed by atoms with Gasteiger partial charge in [0.2, 0.25) is 0 Å². The van der Waals surface area contributed by atoms with E-state index in [0.29, 0.717) is 18.4 Å². The van der Waals surface area contributed by atoms with Gasteiger partial charge in [0.05, 0.1) is 6.61 Å². The molecule has 0 heterocycles. The molecule has 204 valence electrons. The van der Waals surface area contributed by atoms with Gasteiger partial charge in [0, 0.05) is 36.0 Å². The third-order valence-electron chi connectivity index (χ3n) is 7.48. The van der Waals surface area contributed by atoms with Crippen molar-refractivity contribution in [3.05, 3.63) is 102 Å². The Balaban J connectivity index is 1.54. The van der Waals surface area contributed by atoms with Crippen LogP contribution in [0.2, 0.25) is 0 Å². The number of phenols is 1. The van der Waals surface area contributed by atoms with E-state index in [9.17, 15) is 5.11 Å². The molecule has 0 fully saturated rings. The molecule has 0 saturated heterocycles. The number of para-hydroxylation sites is 2. The highest BCUT2D eigenvalue weighted by Gasteiger charge is 2.18. The zero-order chi connectivity index (χ0) is 27.9. The molecule has 4 rings (SSSR count). The molecule has 0 amide bonds. The van der Waals surface area contributed by atoms with Crippen molar-refractivity contribution in [3.8, 4) is 33.8 Å². The fourth-order valence-electron chi connectivity index (χ4n) is 5.29. The highest BCUT2D eigenvalue weighted by atomic mass is 16.5. The highest BCUT2D eigenvalue weighted by molar-refractivity contribution is 5.84. The van der Waals surface area contributed by atoms with Crippen molar-refractivity contribution < 1.29 is 9.84 Å². The summed E-state index contributed by atoms with van der Waals surface area (Å²) in [5.74, 6) is 2.03. The van der Waals surface area contributed by atoms with Gasteiger partial charge in [0.25, 0.3) is 0 Å². The van der Waals surface area contributed by atoms with E-state index >= 15 is 0 Å². The quantitative estimate of drug-likeness (QED) is 0.200. The van der Waals surface area contributed by atoms with E-state index in [1.54, 1.807) is 0 Å². The topological polar surface area (TPSA) is 32.7 Å². The standard InChI is InChI=1S/C36H43NO2/c1-7-27-20-21-34(33(24-27)32-19-12-18-31(36(32)38)28-14-9-8-10-15-28)39-23-13-22-37(6)35-29(25(2)3)16-11-17-30(35)26(4)5/h8-12,14-21,24-26,38H,7,13,22-23H2,1-6H3. The second-order valence-corrected chi connectivity index (χ2v) is 11.0. The monoisotopic (exact) mass is 521 g/mol. The molecular weight excluding hydrogens is 478 g/mol. The number of phenolic OH excluding ortho intramolecular Hbond substituents is 1. The van der Waals surface area contributed by atoms with Crippen LogP contribution in [0.5, 0.6) is 11.5 Å². The Morgan fingerprint density at radius 3 is 2.03 bits per heavy atom. The van der Waals surface area contributed by atoms with Gasteiger partial charge in [-0.05, 0) is 59.1 Å². The Bertz CT molecular complexity index is 1350. The first-order valence-corrected chi connectivity index (χ1v) is 14.3. The van der Waals surface area contributed by atoms with Gasteiger partial charge in [0.1, 0.15) is 11.5 Å². The summed E-state index contributed by atoms with van der Waals surface area (Å²) in [6.45, 7) is 12.7. The molecule has 39 heavy (non-hydrogen) atoms. The maximum atomic E-state index is 11.3. The minimum atomic E-state index is 0.285. The maximum absolute atomic E-state index is 11.3. The second kappa shape index (κ2) is 12.9. The fourth-order valence-corrected chi connectivity index (χ4v) is 5.29. The lowest BCUT2D eigenvalue weighted by atomic mass is 9.92. The lowest BCUT2D eigenvalue weighted by molar-refractivity contribution is 0.313. The number of benzene rings is 4. The van der Waals surface area contributed by atoms with E-state index in [4.69, 9.17) is 4.74 Å². The molecule has 4 aromatic rings. The summed E-state index contributed by atoms with van der Waals surface area (Å²) in [5.41, 5.74) is 8.93. The molecule has 0 spiro atoms. The van der Waals surface area contributed by atoms with Gasteiger partial charge in [-0.1, -0.05) is 107 Å². The van der Waals surface area contributed by atoms with Crippen LogP contribution in [0.15, 0.2) is 84.9 Å². The Kier molecular flexibility index (Phi) is 9.35. The van der Waals surface area contributed by atoms with Crippen molar-refractivity contribution in [2.24, 2.45) is 0 Å². The van der Waals surface area contributed by atoms with Gasteiger partial charge >= 0.3 is 0 Å². The van der Waals surface area contributed by atoms with E-state index in [2.05, 4.69) is 83.0 Å². The zero-order valence-electron chi connectivity index (χ0n) is 24.4. The normalized spacial score (nSPS) is 11.3. The van der Waals surface area contributed by atoms with Gasteiger partial charge in [-0.15, -0.1) is 0 Å². The summed E-state index contributed by atoms with van der Waals surface area (Å²) in [7, 11) is 2.20. The van der Waals surface area contributed by atoms with Crippen molar-refractivity contribution in [3.63, 3.8) is 0 Å². The molecule has 0 aliphatic carbocycles. The summed E-state index contributed by atoms with van der Waals surface area (Å²) in [6, 6.07) is 29.0. The summed E-state index contributed by atoms with van der Waals surface area (Å²) >= 11 is 0. The van der Waals surface area contributed by atoms with E-state index in [1.807, 2.05) is 48.5 Å². The van der Waals surface area contributed by atoms with Gasteiger partial charge in [-0.3, -0.25) is 0 Å².